The number of hydrogen-bond acceptors (Lipinski definition) is 10. The van der Waals surface area contributed by atoms with Crippen LogP contribution in [0.5, 0.6) is 5.75 Å². The maximum atomic E-state index is 13.5. The number of likely N-dealkylation sites (tertiary alicyclic amines) is 1. The third-order valence-electron chi connectivity index (χ3n) is 11.6. The number of carbonyl (C=O) groups excluding carboxylic acids is 3. The molecule has 0 spiro atoms. The Morgan fingerprint density at radius 1 is 1.02 bits per heavy atom. The molecule has 4 aliphatic rings. The highest BCUT2D eigenvalue weighted by molar-refractivity contribution is 6.32. The molecule has 9 rings (SSSR count). The van der Waals surface area contributed by atoms with E-state index in [0.29, 0.717) is 60.6 Å². The predicted molar refractivity (Wildman–Crippen MR) is 214 cm³/mol. The number of rotatable bonds is 11. The summed E-state index contributed by atoms with van der Waals surface area (Å²) in [4.78, 5) is 50.8. The molecule has 3 aromatic heterocycles. The lowest BCUT2D eigenvalue weighted by atomic mass is 9.90. The monoisotopic (exact) mass is 791 g/mol. The summed E-state index contributed by atoms with van der Waals surface area (Å²) in [6.45, 7) is 4.06. The number of ether oxygens (including phenoxy) is 1. The van der Waals surface area contributed by atoms with E-state index >= 15 is 0 Å². The Balaban J connectivity index is 0.812. The molecule has 3 fully saturated rings. The smallest absolute Gasteiger partial charge is 0.271 e. The molecule has 0 radical (unpaired) electrons. The topological polar surface area (TPSA) is 146 Å². The van der Waals surface area contributed by atoms with Crippen molar-refractivity contribution in [2.75, 3.05) is 43.5 Å². The molecule has 3 aliphatic heterocycles. The Bertz CT molecular complexity index is 2360. The zero-order valence-corrected chi connectivity index (χ0v) is 32.3. The second-order valence-electron chi connectivity index (χ2n) is 15.4. The van der Waals surface area contributed by atoms with E-state index in [1.54, 1.807) is 6.07 Å². The van der Waals surface area contributed by atoms with Gasteiger partial charge in [0.05, 0.1) is 36.1 Å². The van der Waals surface area contributed by atoms with Gasteiger partial charge in [0.15, 0.2) is 17.2 Å². The predicted octanol–water partition coefficient (Wildman–Crippen LogP) is 5.83. The van der Waals surface area contributed by atoms with Crippen molar-refractivity contribution in [3.8, 4) is 17.0 Å². The number of nitrogens with zero attached hydrogens (tertiary/aromatic N) is 6. The number of imide groups is 1. The van der Waals surface area contributed by atoms with Gasteiger partial charge >= 0.3 is 0 Å². The minimum Gasteiger partial charge on any atom is -0.493 e. The van der Waals surface area contributed by atoms with E-state index in [9.17, 15) is 18.8 Å². The van der Waals surface area contributed by atoms with Crippen LogP contribution in [0.25, 0.3) is 16.9 Å². The standard InChI is InChI=1S/C42H43ClFN9O4/c1-45-35-19-38(50-53-37(21-47-40(35)53)42(56)48-34-18-32(34)44)52-16-13-29-28(3-2-4-36(29)52)33-9-5-25(20-46-33)22-51-14-11-24(12-15-51)23-57-26-6-7-27(31(43)17-26)30-8-10-39(54)49-41(30)55/h2-7,9,17,19-21,24,30,32,34,45H,8,10-16,18,22-23H2,1H3,(H,48,56)(H,49,54,55)/t30?,32-,34+/m0/s1. The molecule has 13 nitrogen and oxygen atoms in total. The van der Waals surface area contributed by atoms with Gasteiger partial charge in [-0.15, -0.1) is 5.10 Å². The first-order chi connectivity index (χ1) is 27.7. The van der Waals surface area contributed by atoms with E-state index in [4.69, 9.17) is 26.4 Å². The number of alkyl halides is 1. The number of pyridine rings is 1. The van der Waals surface area contributed by atoms with Gasteiger partial charge in [-0.2, -0.15) is 0 Å². The fraction of sp³-hybridized carbons (Fsp3) is 0.381. The van der Waals surface area contributed by atoms with Gasteiger partial charge < -0.3 is 20.3 Å². The highest BCUT2D eigenvalue weighted by atomic mass is 35.5. The van der Waals surface area contributed by atoms with Crippen molar-refractivity contribution in [2.45, 2.75) is 63.2 Å². The van der Waals surface area contributed by atoms with Crippen LogP contribution >= 0.6 is 11.6 Å². The number of halogens is 2. The normalized spacial score (nSPS) is 21.0. The van der Waals surface area contributed by atoms with Crippen LogP contribution in [-0.4, -0.2) is 87.7 Å². The molecule has 3 atom stereocenters. The molecular weight excluding hydrogens is 749 g/mol. The molecule has 1 saturated carbocycles. The fourth-order valence-corrected chi connectivity index (χ4v) is 8.53. The summed E-state index contributed by atoms with van der Waals surface area (Å²) < 4.78 is 21.2. The minimum absolute atomic E-state index is 0.244. The van der Waals surface area contributed by atoms with E-state index in [0.717, 1.165) is 72.7 Å². The van der Waals surface area contributed by atoms with Crippen molar-refractivity contribution in [1.29, 1.82) is 0 Å². The van der Waals surface area contributed by atoms with Gasteiger partial charge in [0.2, 0.25) is 11.8 Å². The van der Waals surface area contributed by atoms with Gasteiger partial charge in [-0.25, -0.2) is 13.9 Å². The third kappa shape index (κ3) is 7.51. The lowest BCUT2D eigenvalue weighted by molar-refractivity contribution is -0.134. The largest absolute Gasteiger partial charge is 0.493 e. The Hall–Kier alpha value is -5.60. The van der Waals surface area contributed by atoms with Crippen molar-refractivity contribution in [1.82, 2.24) is 35.1 Å². The molecule has 15 heteroatoms. The number of amides is 3. The van der Waals surface area contributed by atoms with Gasteiger partial charge in [-0.05, 0) is 85.6 Å². The van der Waals surface area contributed by atoms with Gasteiger partial charge in [0.25, 0.3) is 5.91 Å². The molecule has 1 aliphatic carbocycles. The van der Waals surface area contributed by atoms with Crippen LogP contribution in [0.2, 0.25) is 5.02 Å². The number of anilines is 3. The lowest BCUT2D eigenvalue weighted by Gasteiger charge is -2.31. The summed E-state index contributed by atoms with van der Waals surface area (Å²) >= 11 is 6.55. The molecule has 3 amide bonds. The highest BCUT2D eigenvalue weighted by Gasteiger charge is 2.39. The summed E-state index contributed by atoms with van der Waals surface area (Å²) in [7, 11) is 1.81. The second kappa shape index (κ2) is 15.4. The van der Waals surface area contributed by atoms with Crippen molar-refractivity contribution >= 4 is 52.2 Å². The van der Waals surface area contributed by atoms with E-state index in [1.807, 2.05) is 37.5 Å². The molecule has 2 aromatic carbocycles. The molecule has 1 unspecified atom stereocenters. The van der Waals surface area contributed by atoms with Crippen LogP contribution in [0.15, 0.2) is 67.0 Å². The van der Waals surface area contributed by atoms with Gasteiger partial charge in [-0.3, -0.25) is 29.6 Å². The van der Waals surface area contributed by atoms with Gasteiger partial charge in [0.1, 0.15) is 11.9 Å². The minimum atomic E-state index is -1.00. The molecule has 0 bridgehead atoms. The Morgan fingerprint density at radius 3 is 2.60 bits per heavy atom. The number of carbonyl (C=O) groups is 3. The molecule has 6 heterocycles. The first-order valence-electron chi connectivity index (χ1n) is 19.6. The first kappa shape index (κ1) is 37.0. The van der Waals surface area contributed by atoms with Crippen LogP contribution in [0.4, 0.5) is 21.6 Å². The number of fused-ring (bicyclic) bond motifs is 2. The number of hydrogen-bond donors (Lipinski definition) is 3. The van der Waals surface area contributed by atoms with Gasteiger partial charge in [-0.1, -0.05) is 35.9 Å². The maximum Gasteiger partial charge on any atom is 0.271 e. The van der Waals surface area contributed by atoms with E-state index in [2.05, 4.69) is 55.0 Å². The summed E-state index contributed by atoms with van der Waals surface area (Å²) in [6.07, 6.45) is 6.40. The van der Waals surface area contributed by atoms with E-state index in [-0.39, 0.29) is 17.5 Å². The number of nitrogens with one attached hydrogen (secondary N) is 3. The van der Waals surface area contributed by atoms with Crippen molar-refractivity contribution in [3.63, 3.8) is 0 Å². The Labute approximate surface area is 333 Å². The summed E-state index contributed by atoms with van der Waals surface area (Å²) in [5.41, 5.74) is 7.62. The molecule has 3 N–H and O–H groups in total. The highest BCUT2D eigenvalue weighted by Crippen LogP contribution is 2.40. The van der Waals surface area contributed by atoms with Crippen LogP contribution in [0.3, 0.4) is 0 Å². The molecule has 294 valence electrons. The zero-order chi connectivity index (χ0) is 39.2. The maximum absolute atomic E-state index is 13.5. The Morgan fingerprint density at radius 2 is 1.86 bits per heavy atom. The van der Waals surface area contributed by atoms with E-state index < -0.39 is 24.0 Å². The lowest BCUT2D eigenvalue weighted by Crippen LogP contribution is -2.39. The number of benzene rings is 2. The van der Waals surface area contributed by atoms with Gasteiger partial charge in [0, 0.05) is 61.5 Å². The van der Waals surface area contributed by atoms with Crippen molar-refractivity contribution < 1.29 is 23.5 Å². The molecule has 57 heavy (non-hydrogen) atoms. The fourth-order valence-electron chi connectivity index (χ4n) is 8.23. The van der Waals surface area contributed by atoms with Crippen LogP contribution < -0.4 is 25.6 Å². The quantitative estimate of drug-likeness (QED) is 0.140. The SMILES string of the molecule is CNc1cc(N2CCc3c(-c4ccc(CN5CCC(COc6ccc(C7CCC(=O)NC7=O)c(Cl)c6)CC5)cn4)cccc32)nn2c(C(=O)N[C@@H]3C[C@@H]3F)cnc12. The van der Waals surface area contributed by atoms with Crippen LogP contribution in [-0.2, 0) is 22.6 Å². The van der Waals surface area contributed by atoms with Crippen molar-refractivity contribution in [2.24, 2.45) is 5.92 Å². The second-order valence-corrected chi connectivity index (χ2v) is 15.8. The number of piperidine rings is 2. The molecule has 2 saturated heterocycles. The summed E-state index contributed by atoms with van der Waals surface area (Å²) in [5.74, 6) is 0.415. The molecular formula is C42H43ClFN9O4. The summed E-state index contributed by atoms with van der Waals surface area (Å²) in [5, 5.41) is 13.6. The molecule has 5 aromatic rings. The third-order valence-corrected chi connectivity index (χ3v) is 11.9. The summed E-state index contributed by atoms with van der Waals surface area (Å²) in [6, 6.07) is 17.4. The van der Waals surface area contributed by atoms with Crippen LogP contribution in [0.1, 0.15) is 65.2 Å². The zero-order valence-electron chi connectivity index (χ0n) is 31.5. The van der Waals surface area contributed by atoms with Crippen molar-refractivity contribution in [3.05, 3.63) is 94.4 Å². The number of aromatic nitrogens is 4. The average Bonchev–Trinajstić information content (AvgIpc) is 3.54. The number of imidazole rings is 1. The first-order valence-corrected chi connectivity index (χ1v) is 19.9. The van der Waals surface area contributed by atoms with Crippen LogP contribution in [0, 0.1) is 5.92 Å². The average molecular weight is 792 g/mol. The Kier molecular flexibility index (Phi) is 9.99. The van der Waals surface area contributed by atoms with E-state index in [1.165, 1.54) is 16.3 Å².